The van der Waals surface area contributed by atoms with Crippen LogP contribution in [-0.4, -0.2) is 16.0 Å². The molecule has 20 heavy (non-hydrogen) atoms. The number of hydrogen-bond donors (Lipinski definition) is 1. The molecule has 5 heteroatoms. The number of nitrogens with zero attached hydrogens (tertiary/aromatic N) is 2. The molecule has 1 aliphatic carbocycles. The molecule has 0 saturated heterocycles. The van der Waals surface area contributed by atoms with Gasteiger partial charge in [0, 0.05) is 24.8 Å². The minimum Gasteiger partial charge on any atom is -0.437 e. The monoisotopic (exact) mass is 273 g/mol. The lowest BCUT2D eigenvalue weighted by atomic mass is 10.2. The molecule has 0 amide bonds. The van der Waals surface area contributed by atoms with E-state index in [0.717, 1.165) is 11.3 Å². The molecular formula is C15H16FN3O. The van der Waals surface area contributed by atoms with Crippen LogP contribution in [0.25, 0.3) is 0 Å². The molecule has 0 atom stereocenters. The fraction of sp³-hybridized carbons (Fsp3) is 0.333. The Morgan fingerprint density at radius 2 is 2.20 bits per heavy atom. The summed E-state index contributed by atoms with van der Waals surface area (Å²) in [6, 6.07) is 5.05. The summed E-state index contributed by atoms with van der Waals surface area (Å²) in [7, 11) is 0. The van der Waals surface area contributed by atoms with Crippen molar-refractivity contribution >= 4 is 0 Å². The highest BCUT2D eigenvalue weighted by molar-refractivity contribution is 5.35. The molecule has 104 valence electrons. The normalized spacial score (nSPS) is 14.3. The second kappa shape index (κ2) is 5.54. The Hall–Kier alpha value is -2.01. The van der Waals surface area contributed by atoms with Crippen LogP contribution in [0.5, 0.6) is 11.6 Å². The van der Waals surface area contributed by atoms with Gasteiger partial charge in [-0.1, -0.05) is 6.07 Å². The van der Waals surface area contributed by atoms with Crippen molar-refractivity contribution in [3.05, 3.63) is 47.7 Å². The summed E-state index contributed by atoms with van der Waals surface area (Å²) in [5.41, 5.74) is 1.68. The average molecular weight is 273 g/mol. The maximum absolute atomic E-state index is 13.2. The maximum Gasteiger partial charge on any atom is 0.238 e. The summed E-state index contributed by atoms with van der Waals surface area (Å²) in [4.78, 5) is 8.48. The molecule has 0 aliphatic heterocycles. The highest BCUT2D eigenvalue weighted by Gasteiger charge is 2.20. The van der Waals surface area contributed by atoms with E-state index in [1.165, 1.54) is 31.2 Å². The average Bonchev–Trinajstić information content (AvgIpc) is 3.25. The number of benzene rings is 1. The van der Waals surface area contributed by atoms with Crippen molar-refractivity contribution in [1.29, 1.82) is 0 Å². The van der Waals surface area contributed by atoms with Crippen LogP contribution in [0.3, 0.4) is 0 Å². The predicted octanol–water partition coefficient (Wildman–Crippen LogP) is 2.97. The molecule has 1 aromatic carbocycles. The van der Waals surface area contributed by atoms with Crippen LogP contribution in [0.1, 0.15) is 24.1 Å². The van der Waals surface area contributed by atoms with E-state index < -0.39 is 0 Å². The maximum atomic E-state index is 13.2. The second-order valence-electron chi connectivity index (χ2n) is 5.02. The number of aromatic nitrogens is 2. The van der Waals surface area contributed by atoms with Crippen molar-refractivity contribution in [1.82, 2.24) is 15.3 Å². The van der Waals surface area contributed by atoms with Gasteiger partial charge in [-0.2, -0.15) is 0 Å². The molecule has 1 aliphatic rings. The van der Waals surface area contributed by atoms with Crippen LogP contribution >= 0.6 is 0 Å². The van der Waals surface area contributed by atoms with Gasteiger partial charge < -0.3 is 10.1 Å². The van der Waals surface area contributed by atoms with E-state index in [4.69, 9.17) is 4.74 Å². The lowest BCUT2D eigenvalue weighted by Gasteiger charge is -2.09. The Balaban J connectivity index is 1.72. The molecular weight excluding hydrogens is 257 g/mol. The van der Waals surface area contributed by atoms with E-state index >= 15 is 0 Å². The molecule has 0 bridgehead atoms. The number of ether oxygens (including phenoxy) is 1. The number of nitrogens with one attached hydrogen (secondary N) is 1. The van der Waals surface area contributed by atoms with Gasteiger partial charge in [-0.05, 0) is 31.4 Å². The largest absolute Gasteiger partial charge is 0.437 e. The first kappa shape index (κ1) is 13.0. The zero-order valence-corrected chi connectivity index (χ0v) is 11.3. The Morgan fingerprint density at radius 1 is 1.35 bits per heavy atom. The van der Waals surface area contributed by atoms with Crippen molar-refractivity contribution in [2.24, 2.45) is 0 Å². The van der Waals surface area contributed by atoms with E-state index in [0.29, 0.717) is 24.2 Å². The van der Waals surface area contributed by atoms with Gasteiger partial charge >= 0.3 is 0 Å². The summed E-state index contributed by atoms with van der Waals surface area (Å²) >= 11 is 0. The van der Waals surface area contributed by atoms with Crippen molar-refractivity contribution in [2.75, 3.05) is 0 Å². The first-order chi connectivity index (χ1) is 9.70. The SMILES string of the molecule is Cc1ccc(F)cc1Oc1cncc(CNC2CC2)n1. The first-order valence-corrected chi connectivity index (χ1v) is 6.69. The van der Waals surface area contributed by atoms with Crippen molar-refractivity contribution in [3.63, 3.8) is 0 Å². The quantitative estimate of drug-likeness (QED) is 0.909. The standard InChI is InChI=1S/C15H16FN3O/c1-10-2-3-11(16)6-14(10)20-15-9-17-7-13(19-15)8-18-12-4-5-12/h2-3,6-7,9,12,18H,4-5,8H2,1H3. The Labute approximate surface area is 117 Å². The molecule has 1 heterocycles. The summed E-state index contributed by atoms with van der Waals surface area (Å²) < 4.78 is 18.8. The lowest BCUT2D eigenvalue weighted by molar-refractivity contribution is 0.448. The Bertz CT molecular complexity index is 614. The molecule has 3 rings (SSSR count). The smallest absolute Gasteiger partial charge is 0.238 e. The molecule has 2 aromatic rings. The topological polar surface area (TPSA) is 47.0 Å². The van der Waals surface area contributed by atoms with Crippen LogP contribution in [0.15, 0.2) is 30.6 Å². The molecule has 0 unspecified atom stereocenters. The molecule has 0 radical (unpaired) electrons. The van der Waals surface area contributed by atoms with Gasteiger partial charge in [0.15, 0.2) is 0 Å². The van der Waals surface area contributed by atoms with Crippen molar-refractivity contribution in [2.45, 2.75) is 32.4 Å². The van der Waals surface area contributed by atoms with Crippen LogP contribution in [0.2, 0.25) is 0 Å². The minimum absolute atomic E-state index is 0.329. The van der Waals surface area contributed by atoms with Gasteiger partial charge in [-0.15, -0.1) is 0 Å². The number of rotatable bonds is 5. The van der Waals surface area contributed by atoms with Gasteiger partial charge in [-0.3, -0.25) is 4.98 Å². The fourth-order valence-corrected chi connectivity index (χ4v) is 1.85. The fourth-order valence-electron chi connectivity index (χ4n) is 1.85. The number of halogens is 1. The number of aryl methyl sites for hydroxylation is 1. The third kappa shape index (κ3) is 3.30. The predicted molar refractivity (Wildman–Crippen MR) is 73.1 cm³/mol. The van der Waals surface area contributed by atoms with E-state index in [-0.39, 0.29) is 5.82 Å². The minimum atomic E-state index is -0.329. The molecule has 1 saturated carbocycles. The van der Waals surface area contributed by atoms with E-state index in [1.807, 2.05) is 6.92 Å². The van der Waals surface area contributed by atoms with E-state index in [9.17, 15) is 4.39 Å². The highest BCUT2D eigenvalue weighted by atomic mass is 19.1. The molecule has 0 spiro atoms. The summed E-state index contributed by atoms with van der Waals surface area (Å²) in [6.07, 6.45) is 5.70. The van der Waals surface area contributed by atoms with Gasteiger partial charge in [0.2, 0.25) is 5.88 Å². The second-order valence-corrected chi connectivity index (χ2v) is 5.02. The third-order valence-electron chi connectivity index (χ3n) is 3.18. The molecule has 1 N–H and O–H groups in total. The van der Waals surface area contributed by atoms with E-state index in [2.05, 4.69) is 15.3 Å². The zero-order valence-electron chi connectivity index (χ0n) is 11.3. The van der Waals surface area contributed by atoms with Crippen LogP contribution in [-0.2, 0) is 6.54 Å². The van der Waals surface area contributed by atoms with Crippen LogP contribution in [0.4, 0.5) is 4.39 Å². The molecule has 1 aromatic heterocycles. The molecule has 4 nitrogen and oxygen atoms in total. The van der Waals surface area contributed by atoms with Crippen molar-refractivity contribution in [3.8, 4) is 11.6 Å². The summed E-state index contributed by atoms with van der Waals surface area (Å²) in [5, 5.41) is 3.37. The zero-order chi connectivity index (χ0) is 13.9. The van der Waals surface area contributed by atoms with E-state index in [1.54, 1.807) is 12.3 Å². The van der Waals surface area contributed by atoms with Gasteiger partial charge in [0.1, 0.15) is 11.6 Å². The molecule has 1 fully saturated rings. The summed E-state index contributed by atoms with van der Waals surface area (Å²) in [6.45, 7) is 2.54. The van der Waals surface area contributed by atoms with Gasteiger partial charge in [0.25, 0.3) is 0 Å². The highest BCUT2D eigenvalue weighted by Crippen LogP contribution is 2.24. The van der Waals surface area contributed by atoms with Gasteiger partial charge in [-0.25, -0.2) is 9.37 Å². The van der Waals surface area contributed by atoms with Crippen LogP contribution in [0, 0.1) is 12.7 Å². The van der Waals surface area contributed by atoms with Gasteiger partial charge in [0.05, 0.1) is 11.9 Å². The third-order valence-corrected chi connectivity index (χ3v) is 3.18. The van der Waals surface area contributed by atoms with Crippen LogP contribution < -0.4 is 10.1 Å². The lowest BCUT2D eigenvalue weighted by Crippen LogP contribution is -2.16. The Kier molecular flexibility index (Phi) is 3.60. The van der Waals surface area contributed by atoms with Crippen molar-refractivity contribution < 1.29 is 9.13 Å². The first-order valence-electron chi connectivity index (χ1n) is 6.69. The number of hydrogen-bond acceptors (Lipinski definition) is 4. The Morgan fingerprint density at radius 3 is 3.00 bits per heavy atom. The summed E-state index contributed by atoms with van der Waals surface area (Å²) in [5.74, 6) is 0.519.